The summed E-state index contributed by atoms with van der Waals surface area (Å²) in [5.74, 6) is -1.13. The standard InChI is InChI=1S/C15H15FN2O4S3/c1-23-12-7-5-11(6-8-12)9-10-18(24(19)20)14-4-2-3-13(16)15(14)25(17,21)22/h2-10H,1H3,(H,19,20)(H2,17,21,22)/p-1. The molecule has 0 saturated carbocycles. The Balaban J connectivity index is 2.47. The van der Waals surface area contributed by atoms with E-state index in [-0.39, 0.29) is 0 Å². The van der Waals surface area contributed by atoms with Crippen LogP contribution in [-0.4, -0.2) is 23.4 Å². The zero-order valence-corrected chi connectivity index (χ0v) is 15.4. The Labute approximate surface area is 152 Å². The Kier molecular flexibility index (Phi) is 6.36. The Morgan fingerprint density at radius 2 is 1.88 bits per heavy atom. The van der Waals surface area contributed by atoms with Gasteiger partial charge in [0.25, 0.3) is 0 Å². The number of nitrogens with two attached hydrogens (primary N) is 1. The Morgan fingerprint density at radius 3 is 2.40 bits per heavy atom. The number of sulfonamides is 1. The third-order valence-corrected chi connectivity index (χ3v) is 5.50. The quantitative estimate of drug-likeness (QED) is 0.591. The first-order valence-corrected chi connectivity index (χ1v) is 10.6. The Bertz CT molecular complexity index is 915. The van der Waals surface area contributed by atoms with E-state index in [4.69, 9.17) is 5.14 Å². The third kappa shape index (κ3) is 4.89. The summed E-state index contributed by atoms with van der Waals surface area (Å²) in [5, 5.41) is 5.01. The molecule has 1 atom stereocenters. The average molecular weight is 401 g/mol. The van der Waals surface area contributed by atoms with Gasteiger partial charge in [0.05, 0.1) is 17.0 Å². The minimum Gasteiger partial charge on any atom is -0.755 e. The molecule has 0 saturated heterocycles. The molecule has 0 aliphatic rings. The van der Waals surface area contributed by atoms with Gasteiger partial charge in [-0.05, 0) is 42.2 Å². The highest BCUT2D eigenvalue weighted by Crippen LogP contribution is 2.28. The number of primary sulfonamides is 1. The molecule has 134 valence electrons. The van der Waals surface area contributed by atoms with Crippen LogP contribution in [0.2, 0.25) is 0 Å². The lowest BCUT2D eigenvalue weighted by Gasteiger charge is -2.24. The van der Waals surface area contributed by atoms with E-state index in [1.807, 2.05) is 18.4 Å². The molecule has 2 N–H and O–H groups in total. The number of nitrogens with zero attached hydrogens (tertiary/aromatic N) is 1. The predicted molar refractivity (Wildman–Crippen MR) is 96.4 cm³/mol. The van der Waals surface area contributed by atoms with Gasteiger partial charge in [-0.15, -0.1) is 11.8 Å². The van der Waals surface area contributed by atoms with Crippen LogP contribution >= 0.6 is 11.8 Å². The maximum atomic E-state index is 13.9. The molecule has 25 heavy (non-hydrogen) atoms. The number of anilines is 1. The minimum absolute atomic E-state index is 0.396. The van der Waals surface area contributed by atoms with Crippen molar-refractivity contribution in [3.63, 3.8) is 0 Å². The van der Waals surface area contributed by atoms with Crippen molar-refractivity contribution < 1.29 is 21.6 Å². The summed E-state index contributed by atoms with van der Waals surface area (Å²) < 4.78 is 60.8. The first-order valence-electron chi connectivity index (χ1n) is 6.76. The molecule has 2 rings (SSSR count). The van der Waals surface area contributed by atoms with Gasteiger partial charge in [-0.3, -0.25) is 8.51 Å². The van der Waals surface area contributed by atoms with Gasteiger partial charge in [-0.25, -0.2) is 17.9 Å². The Hall–Kier alpha value is -1.72. The average Bonchev–Trinajstić information content (AvgIpc) is 2.54. The predicted octanol–water partition coefficient (Wildman–Crippen LogP) is 2.47. The van der Waals surface area contributed by atoms with Crippen molar-refractivity contribution in [2.45, 2.75) is 9.79 Å². The number of benzene rings is 2. The van der Waals surface area contributed by atoms with Gasteiger partial charge < -0.3 is 4.55 Å². The molecule has 0 amide bonds. The maximum absolute atomic E-state index is 13.9. The fourth-order valence-electron chi connectivity index (χ4n) is 2.03. The van der Waals surface area contributed by atoms with Crippen molar-refractivity contribution in [1.29, 1.82) is 0 Å². The molecule has 1 unspecified atom stereocenters. The van der Waals surface area contributed by atoms with E-state index in [1.54, 1.807) is 23.9 Å². The summed E-state index contributed by atoms with van der Waals surface area (Å²) >= 11 is -1.33. The molecule has 0 fully saturated rings. The first kappa shape index (κ1) is 19.6. The van der Waals surface area contributed by atoms with E-state index in [9.17, 15) is 21.6 Å². The van der Waals surface area contributed by atoms with Crippen molar-refractivity contribution >= 4 is 44.8 Å². The number of hydrogen-bond donors (Lipinski definition) is 1. The SMILES string of the molecule is CSc1ccc(C=CN(c2cccc(F)c2S(N)(=O)=O)S(=O)[O-])cc1. The highest BCUT2D eigenvalue weighted by Gasteiger charge is 2.22. The van der Waals surface area contributed by atoms with Gasteiger partial charge in [-0.1, -0.05) is 18.2 Å². The lowest BCUT2D eigenvalue weighted by atomic mass is 10.2. The van der Waals surface area contributed by atoms with Crippen molar-refractivity contribution in [3.05, 3.63) is 60.0 Å². The van der Waals surface area contributed by atoms with Gasteiger partial charge in [-0.2, -0.15) is 0 Å². The van der Waals surface area contributed by atoms with Crippen LogP contribution in [0.25, 0.3) is 6.08 Å². The van der Waals surface area contributed by atoms with Gasteiger partial charge in [0.15, 0.2) is 0 Å². The van der Waals surface area contributed by atoms with E-state index in [1.165, 1.54) is 12.1 Å². The van der Waals surface area contributed by atoms with E-state index in [0.29, 0.717) is 9.87 Å². The molecule has 0 aromatic heterocycles. The number of hydrogen-bond acceptors (Lipinski definition) is 5. The van der Waals surface area contributed by atoms with Crippen LogP contribution in [-0.2, 0) is 21.3 Å². The zero-order chi connectivity index (χ0) is 18.6. The summed E-state index contributed by atoms with van der Waals surface area (Å²) in [6, 6.07) is 10.5. The van der Waals surface area contributed by atoms with E-state index in [0.717, 1.165) is 23.2 Å². The topological polar surface area (TPSA) is 104 Å². The van der Waals surface area contributed by atoms with Gasteiger partial charge in [0, 0.05) is 11.1 Å². The van der Waals surface area contributed by atoms with Gasteiger partial charge in [0.1, 0.15) is 10.7 Å². The largest absolute Gasteiger partial charge is 0.755 e. The molecule has 2 aromatic carbocycles. The smallest absolute Gasteiger partial charge is 0.243 e. The monoisotopic (exact) mass is 401 g/mol. The van der Waals surface area contributed by atoms with E-state index >= 15 is 0 Å². The van der Waals surface area contributed by atoms with Crippen LogP contribution in [0.3, 0.4) is 0 Å². The zero-order valence-electron chi connectivity index (χ0n) is 13.0. The van der Waals surface area contributed by atoms with Crippen LogP contribution < -0.4 is 9.44 Å². The lowest BCUT2D eigenvalue weighted by molar-refractivity contribution is 0.536. The van der Waals surface area contributed by atoms with E-state index in [2.05, 4.69) is 0 Å². The van der Waals surface area contributed by atoms with Crippen LogP contribution in [0.1, 0.15) is 5.56 Å². The van der Waals surface area contributed by atoms with Crippen molar-refractivity contribution in [1.82, 2.24) is 0 Å². The second kappa shape index (κ2) is 8.11. The highest BCUT2D eigenvalue weighted by molar-refractivity contribution is 7.98. The molecule has 2 aromatic rings. The fraction of sp³-hybridized carbons (Fsp3) is 0.0667. The summed E-state index contributed by atoms with van der Waals surface area (Å²) in [5.41, 5.74) is 0.287. The maximum Gasteiger partial charge on any atom is 0.243 e. The molecule has 10 heteroatoms. The van der Waals surface area contributed by atoms with Crippen molar-refractivity contribution in [2.75, 3.05) is 10.6 Å². The molecular weight excluding hydrogens is 387 g/mol. The fourth-order valence-corrected chi connectivity index (χ4v) is 3.77. The second-order valence-electron chi connectivity index (χ2n) is 4.76. The molecule has 0 heterocycles. The number of thioether (sulfide) groups is 1. The molecule has 0 aliphatic carbocycles. The Morgan fingerprint density at radius 1 is 1.24 bits per heavy atom. The van der Waals surface area contributed by atoms with Crippen molar-refractivity contribution in [2.24, 2.45) is 5.14 Å². The van der Waals surface area contributed by atoms with Gasteiger partial charge >= 0.3 is 0 Å². The van der Waals surface area contributed by atoms with E-state index < -0.39 is 37.7 Å². The number of rotatable bonds is 6. The molecule has 0 bridgehead atoms. The summed E-state index contributed by atoms with van der Waals surface area (Å²) in [6.45, 7) is 0. The van der Waals surface area contributed by atoms with Crippen LogP contribution in [0.5, 0.6) is 0 Å². The summed E-state index contributed by atoms with van der Waals surface area (Å²) in [6.07, 6.45) is 4.50. The van der Waals surface area contributed by atoms with Gasteiger partial charge in [0.2, 0.25) is 10.0 Å². The van der Waals surface area contributed by atoms with Crippen LogP contribution in [0.15, 0.2) is 58.5 Å². The van der Waals surface area contributed by atoms with Crippen LogP contribution in [0.4, 0.5) is 10.1 Å². The normalized spacial score (nSPS) is 13.1. The molecular formula is C15H14FN2O4S3-. The highest BCUT2D eigenvalue weighted by atomic mass is 32.2. The van der Waals surface area contributed by atoms with Crippen LogP contribution in [0, 0.1) is 5.82 Å². The third-order valence-electron chi connectivity index (χ3n) is 3.15. The minimum atomic E-state index is -4.46. The lowest BCUT2D eigenvalue weighted by Crippen LogP contribution is -2.24. The number of halogens is 1. The molecule has 6 nitrogen and oxygen atoms in total. The second-order valence-corrected chi connectivity index (χ2v) is 7.97. The molecule has 0 radical (unpaired) electrons. The van der Waals surface area contributed by atoms with Crippen molar-refractivity contribution in [3.8, 4) is 0 Å². The first-order chi connectivity index (χ1) is 11.7. The summed E-state index contributed by atoms with van der Waals surface area (Å²) in [7, 11) is -4.46. The summed E-state index contributed by atoms with van der Waals surface area (Å²) in [4.78, 5) is 0.143. The molecule has 0 spiro atoms. The molecule has 0 aliphatic heterocycles.